The van der Waals surface area contributed by atoms with Crippen LogP contribution in [0.5, 0.6) is 5.75 Å². The number of fused-ring (bicyclic) bond motifs is 1. The number of amides is 1. The molecule has 0 unspecified atom stereocenters. The van der Waals surface area contributed by atoms with Crippen LogP contribution < -0.4 is 10.1 Å². The minimum Gasteiger partial charge on any atom is -0.496 e. The Balaban J connectivity index is 2.02. The average molecular weight is 279 g/mol. The van der Waals surface area contributed by atoms with Gasteiger partial charge >= 0.3 is 0 Å². The smallest absolute Gasteiger partial charge is 0.256 e. The van der Waals surface area contributed by atoms with Crippen LogP contribution in [0, 0.1) is 0 Å². The van der Waals surface area contributed by atoms with Crippen molar-refractivity contribution in [3.8, 4) is 5.75 Å². The predicted octanol–water partition coefficient (Wildman–Crippen LogP) is 2.91. The van der Waals surface area contributed by atoms with Gasteiger partial charge in [-0.05, 0) is 24.3 Å². The van der Waals surface area contributed by atoms with E-state index in [-0.39, 0.29) is 11.7 Å². The van der Waals surface area contributed by atoms with Crippen molar-refractivity contribution in [2.75, 3.05) is 12.4 Å². The Bertz CT molecular complexity index is 762. The van der Waals surface area contributed by atoms with Gasteiger partial charge in [-0.2, -0.15) is 0 Å². The van der Waals surface area contributed by atoms with Gasteiger partial charge in [0.15, 0.2) is 5.78 Å². The number of hydrogen-bond donors (Lipinski definition) is 1. The third kappa shape index (κ3) is 2.31. The lowest BCUT2D eigenvalue weighted by Crippen LogP contribution is -2.06. The van der Waals surface area contributed by atoms with Crippen LogP contribution in [0.25, 0.3) is 5.57 Å². The number of carbonyl (C=O) groups is 2. The molecule has 2 aromatic carbocycles. The molecule has 1 amide bonds. The molecule has 2 aromatic rings. The molecule has 1 aliphatic rings. The molecule has 4 nitrogen and oxygen atoms in total. The van der Waals surface area contributed by atoms with Crippen molar-refractivity contribution in [3.63, 3.8) is 0 Å². The fraction of sp³-hybridized carbons (Fsp3) is 0.0588. The van der Waals surface area contributed by atoms with Crippen LogP contribution in [0.2, 0.25) is 0 Å². The van der Waals surface area contributed by atoms with Crippen LogP contribution in [-0.4, -0.2) is 18.8 Å². The summed E-state index contributed by atoms with van der Waals surface area (Å²) in [5.74, 6) is -0.0280. The van der Waals surface area contributed by atoms with Gasteiger partial charge in [0, 0.05) is 11.3 Å². The highest BCUT2D eigenvalue weighted by Gasteiger charge is 2.24. The fourth-order valence-electron chi connectivity index (χ4n) is 2.34. The SMILES string of the molecule is COc1ccccc1C(=O)/C=C1/C(=O)Nc2ccccc21. The Kier molecular flexibility index (Phi) is 3.28. The molecule has 0 atom stereocenters. The maximum Gasteiger partial charge on any atom is 0.256 e. The van der Waals surface area contributed by atoms with Crippen molar-refractivity contribution in [1.82, 2.24) is 0 Å². The molecule has 0 aliphatic carbocycles. The summed E-state index contributed by atoms with van der Waals surface area (Å²) in [5.41, 5.74) is 2.28. The van der Waals surface area contributed by atoms with Crippen molar-refractivity contribution in [2.24, 2.45) is 0 Å². The van der Waals surface area contributed by atoms with Gasteiger partial charge in [-0.25, -0.2) is 0 Å². The van der Waals surface area contributed by atoms with Crippen molar-refractivity contribution in [1.29, 1.82) is 0 Å². The first-order chi connectivity index (χ1) is 10.2. The molecule has 0 bridgehead atoms. The van der Waals surface area contributed by atoms with Gasteiger partial charge in [0.1, 0.15) is 5.75 Å². The Labute approximate surface area is 122 Å². The molecule has 104 valence electrons. The van der Waals surface area contributed by atoms with Crippen molar-refractivity contribution < 1.29 is 14.3 Å². The zero-order valence-electron chi connectivity index (χ0n) is 11.4. The van der Waals surface area contributed by atoms with Crippen LogP contribution in [0.3, 0.4) is 0 Å². The van der Waals surface area contributed by atoms with E-state index in [1.165, 1.54) is 13.2 Å². The van der Waals surface area contributed by atoms with E-state index in [9.17, 15) is 9.59 Å². The van der Waals surface area contributed by atoms with Crippen LogP contribution in [0.4, 0.5) is 5.69 Å². The first kappa shape index (κ1) is 13.1. The number of nitrogens with one attached hydrogen (secondary N) is 1. The number of ketones is 1. The van der Waals surface area contributed by atoms with E-state index in [1.807, 2.05) is 24.3 Å². The molecule has 1 N–H and O–H groups in total. The summed E-state index contributed by atoms with van der Waals surface area (Å²) >= 11 is 0. The van der Waals surface area contributed by atoms with Gasteiger partial charge in [-0.3, -0.25) is 9.59 Å². The van der Waals surface area contributed by atoms with Crippen molar-refractivity contribution in [3.05, 3.63) is 65.7 Å². The van der Waals surface area contributed by atoms with Gasteiger partial charge < -0.3 is 10.1 Å². The molecule has 3 rings (SSSR count). The van der Waals surface area contributed by atoms with E-state index in [1.54, 1.807) is 24.3 Å². The van der Waals surface area contributed by atoms with Gasteiger partial charge in [0.2, 0.25) is 0 Å². The van der Waals surface area contributed by atoms with Crippen molar-refractivity contribution >= 4 is 23.0 Å². The summed E-state index contributed by atoms with van der Waals surface area (Å²) in [6, 6.07) is 14.2. The average Bonchev–Trinajstić information content (AvgIpc) is 2.83. The largest absolute Gasteiger partial charge is 0.496 e. The number of para-hydroxylation sites is 2. The lowest BCUT2D eigenvalue weighted by atomic mass is 10.0. The summed E-state index contributed by atoms with van der Waals surface area (Å²) in [6.07, 6.45) is 1.36. The zero-order valence-corrected chi connectivity index (χ0v) is 11.4. The molecule has 0 fully saturated rings. The van der Waals surface area contributed by atoms with Crippen LogP contribution >= 0.6 is 0 Å². The summed E-state index contributed by atoms with van der Waals surface area (Å²) in [5, 5.41) is 2.74. The number of hydrogen-bond acceptors (Lipinski definition) is 3. The quantitative estimate of drug-likeness (QED) is 0.694. The summed E-state index contributed by atoms with van der Waals surface area (Å²) in [4.78, 5) is 24.4. The third-order valence-corrected chi connectivity index (χ3v) is 3.36. The molecule has 0 aromatic heterocycles. The minimum atomic E-state index is -0.264. The maximum absolute atomic E-state index is 12.4. The van der Waals surface area contributed by atoms with Gasteiger partial charge in [0.25, 0.3) is 5.91 Å². The van der Waals surface area contributed by atoms with E-state index >= 15 is 0 Å². The highest BCUT2D eigenvalue weighted by molar-refractivity contribution is 6.35. The Morgan fingerprint density at radius 3 is 2.62 bits per heavy atom. The standard InChI is InChI=1S/C17H13NO3/c1-21-16-9-5-3-7-12(16)15(19)10-13-11-6-2-4-8-14(11)18-17(13)20/h2-10H,1H3,(H,18,20)/b13-10+. The molecule has 0 spiro atoms. The van der Waals surface area contributed by atoms with Gasteiger partial charge in [-0.15, -0.1) is 0 Å². The number of allylic oxidation sites excluding steroid dienone is 1. The second-order valence-corrected chi connectivity index (χ2v) is 4.62. The van der Waals surface area contributed by atoms with Crippen LogP contribution in [0.1, 0.15) is 15.9 Å². The highest BCUT2D eigenvalue weighted by atomic mass is 16.5. The Morgan fingerprint density at radius 2 is 1.81 bits per heavy atom. The van der Waals surface area contributed by atoms with E-state index in [0.29, 0.717) is 16.9 Å². The molecule has 1 aliphatic heterocycles. The lowest BCUT2D eigenvalue weighted by Gasteiger charge is -2.05. The summed E-state index contributed by atoms with van der Waals surface area (Å²) in [7, 11) is 1.51. The number of methoxy groups -OCH3 is 1. The molecule has 0 saturated heterocycles. The van der Waals surface area contributed by atoms with E-state index in [4.69, 9.17) is 4.74 Å². The number of anilines is 1. The number of carbonyl (C=O) groups excluding carboxylic acids is 2. The van der Waals surface area contributed by atoms with E-state index in [2.05, 4.69) is 5.32 Å². The number of rotatable bonds is 3. The summed E-state index contributed by atoms with van der Waals surface area (Å²) < 4.78 is 5.18. The molecule has 0 saturated carbocycles. The van der Waals surface area contributed by atoms with E-state index < -0.39 is 0 Å². The lowest BCUT2D eigenvalue weighted by molar-refractivity contribution is -0.110. The first-order valence-corrected chi connectivity index (χ1v) is 6.50. The fourth-order valence-corrected chi connectivity index (χ4v) is 2.34. The Morgan fingerprint density at radius 1 is 1.10 bits per heavy atom. The highest BCUT2D eigenvalue weighted by Crippen LogP contribution is 2.32. The molecule has 0 radical (unpaired) electrons. The molecular formula is C17H13NO3. The third-order valence-electron chi connectivity index (χ3n) is 3.36. The molecule has 4 heteroatoms. The first-order valence-electron chi connectivity index (χ1n) is 6.50. The topological polar surface area (TPSA) is 55.4 Å². The van der Waals surface area contributed by atoms with Crippen LogP contribution in [-0.2, 0) is 4.79 Å². The molecule has 21 heavy (non-hydrogen) atoms. The van der Waals surface area contributed by atoms with E-state index in [0.717, 1.165) is 11.3 Å². The monoisotopic (exact) mass is 279 g/mol. The normalized spacial score (nSPS) is 14.7. The van der Waals surface area contributed by atoms with Crippen LogP contribution in [0.15, 0.2) is 54.6 Å². The zero-order chi connectivity index (χ0) is 14.8. The predicted molar refractivity (Wildman–Crippen MR) is 80.4 cm³/mol. The second kappa shape index (κ2) is 5.25. The number of benzene rings is 2. The number of ether oxygens (including phenoxy) is 1. The van der Waals surface area contributed by atoms with Gasteiger partial charge in [0.05, 0.1) is 18.2 Å². The van der Waals surface area contributed by atoms with Crippen molar-refractivity contribution in [2.45, 2.75) is 0 Å². The molecular weight excluding hydrogens is 266 g/mol. The van der Waals surface area contributed by atoms with Gasteiger partial charge in [-0.1, -0.05) is 30.3 Å². The minimum absolute atomic E-state index is 0.255. The Hall–Kier alpha value is -2.88. The second-order valence-electron chi connectivity index (χ2n) is 4.62. The maximum atomic E-state index is 12.4. The summed E-state index contributed by atoms with van der Waals surface area (Å²) in [6.45, 7) is 0. The molecule has 1 heterocycles.